The summed E-state index contributed by atoms with van der Waals surface area (Å²) in [5, 5.41) is 0. The first-order valence-electron chi connectivity index (χ1n) is 1.19. The molecule has 0 aliphatic carbocycles. The summed E-state index contributed by atoms with van der Waals surface area (Å²) in [5.41, 5.74) is 0. The van der Waals surface area contributed by atoms with Crippen LogP contribution in [0.2, 0.25) is 0 Å². The zero-order chi connectivity index (χ0) is 7.21. The Balaban J connectivity index is -0.0000000326. The van der Waals surface area contributed by atoms with Crippen LogP contribution in [0.15, 0.2) is 0 Å². The molecule has 0 aliphatic heterocycles. The second-order valence-corrected chi connectivity index (χ2v) is 1.66. The van der Waals surface area contributed by atoms with E-state index in [0.717, 1.165) is 0 Å². The maximum atomic E-state index is 8.74. The molecule has 0 unspecified atom stereocenters. The van der Waals surface area contributed by atoms with Gasteiger partial charge in [-0.2, -0.15) is 8.42 Å². The van der Waals surface area contributed by atoms with Gasteiger partial charge in [0, 0.05) is 0 Å². The van der Waals surface area contributed by atoms with Crippen molar-refractivity contribution in [3.8, 4) is 0 Å². The van der Waals surface area contributed by atoms with Crippen molar-refractivity contribution in [3.63, 3.8) is 0 Å². The van der Waals surface area contributed by atoms with Gasteiger partial charge in [0.15, 0.2) is 0 Å². The molecule has 10 heavy (non-hydrogen) atoms. The van der Waals surface area contributed by atoms with E-state index in [1.807, 2.05) is 0 Å². The minimum atomic E-state index is -4.67. The van der Waals surface area contributed by atoms with Gasteiger partial charge in [-0.05, 0) is 0 Å². The van der Waals surface area contributed by atoms with Crippen LogP contribution in [0.1, 0.15) is 0 Å². The molecule has 0 aliphatic rings. The van der Waals surface area contributed by atoms with Crippen molar-refractivity contribution in [2.24, 2.45) is 0 Å². The predicted octanol–water partition coefficient (Wildman–Crippen LogP) is -3.36. The van der Waals surface area contributed by atoms with E-state index in [2.05, 4.69) is 0 Å². The second kappa shape index (κ2) is 11.7. The summed E-state index contributed by atoms with van der Waals surface area (Å²) in [6.45, 7) is 0. The van der Waals surface area contributed by atoms with E-state index in [-0.39, 0.29) is 11.0 Å². The van der Waals surface area contributed by atoms with Crippen LogP contribution < -0.4 is 0 Å². The SMILES string of the molecule is O.O.O=S(=O)(O)O.[O]=[Al][OH]. The van der Waals surface area contributed by atoms with Crippen molar-refractivity contribution in [3.05, 3.63) is 0 Å². The molecule has 0 amide bonds. The fourth-order valence-electron chi connectivity index (χ4n) is 0. The Morgan fingerprint density at radius 1 is 1.10 bits per heavy atom. The Morgan fingerprint density at radius 3 is 1.10 bits per heavy atom. The van der Waals surface area contributed by atoms with Gasteiger partial charge in [0.2, 0.25) is 0 Å². The average Bonchev–Trinajstić information content (AvgIpc) is 1.27. The monoisotopic (exact) mass is 194 g/mol. The van der Waals surface area contributed by atoms with Crippen molar-refractivity contribution >= 4 is 25.9 Å². The molecule has 0 atom stereocenters. The molecule has 0 aromatic carbocycles. The van der Waals surface area contributed by atoms with Crippen molar-refractivity contribution in [1.29, 1.82) is 0 Å². The number of hydrogen-bond donors (Lipinski definition) is 3. The van der Waals surface area contributed by atoms with Crippen molar-refractivity contribution in [2.45, 2.75) is 0 Å². The van der Waals surface area contributed by atoms with Gasteiger partial charge >= 0.3 is 33.8 Å². The average molecular weight is 194 g/mol. The van der Waals surface area contributed by atoms with E-state index < -0.39 is 25.9 Å². The Morgan fingerprint density at radius 2 is 1.10 bits per heavy atom. The van der Waals surface area contributed by atoms with Crippen LogP contribution in [0.5, 0.6) is 0 Å². The number of hydrogen-bond acceptors (Lipinski definition) is 3. The van der Waals surface area contributed by atoms with Crippen LogP contribution in [-0.2, 0) is 14.2 Å². The first kappa shape index (κ1) is 22.5. The molecular weight excluding hydrogens is 187 g/mol. The van der Waals surface area contributed by atoms with Crippen LogP contribution in [-0.4, -0.2) is 48.1 Å². The maximum absolute atomic E-state index is 8.74. The molecule has 8 nitrogen and oxygen atoms in total. The van der Waals surface area contributed by atoms with Crippen LogP contribution in [0.25, 0.3) is 0 Å². The zero-order valence-electron chi connectivity index (χ0n) is 4.55. The van der Waals surface area contributed by atoms with Crippen LogP contribution >= 0.6 is 0 Å². The third kappa shape index (κ3) is 63200. The molecule has 0 saturated heterocycles. The summed E-state index contributed by atoms with van der Waals surface area (Å²) < 4.78 is 47.2. The van der Waals surface area contributed by atoms with Gasteiger partial charge in [0.25, 0.3) is 0 Å². The Labute approximate surface area is 62.9 Å². The first-order chi connectivity index (χ1) is 3.41. The van der Waals surface area contributed by atoms with E-state index in [1.165, 1.54) is 0 Å². The van der Waals surface area contributed by atoms with E-state index in [1.54, 1.807) is 0 Å². The topological polar surface area (TPSA) is 175 Å². The first-order valence-corrected chi connectivity index (χ1v) is 3.58. The van der Waals surface area contributed by atoms with E-state index >= 15 is 0 Å². The van der Waals surface area contributed by atoms with Crippen molar-refractivity contribution < 1.29 is 36.4 Å². The van der Waals surface area contributed by atoms with Gasteiger partial charge < -0.3 is 11.0 Å². The van der Waals surface area contributed by atoms with Crippen molar-refractivity contribution in [1.82, 2.24) is 0 Å². The molecule has 0 heterocycles. The molecule has 7 N–H and O–H groups in total. The molecule has 0 aromatic rings. The summed E-state index contributed by atoms with van der Waals surface area (Å²) in [4.78, 5) is 0. The summed E-state index contributed by atoms with van der Waals surface area (Å²) in [6.07, 6.45) is 0. The summed E-state index contributed by atoms with van der Waals surface area (Å²) in [6, 6.07) is 0. The molecule has 0 spiro atoms. The van der Waals surface area contributed by atoms with E-state index in [4.69, 9.17) is 25.5 Å². The van der Waals surface area contributed by atoms with Gasteiger partial charge in [-0.1, -0.05) is 0 Å². The molecule has 64 valence electrons. The third-order valence-electron chi connectivity index (χ3n) is 0. The molecule has 0 saturated carbocycles. The normalized spacial score (nSPS) is 6.60. The molecule has 0 aromatic heterocycles. The molecular formula is H7AlO8S. The summed E-state index contributed by atoms with van der Waals surface area (Å²) >= 11 is -1.50. The van der Waals surface area contributed by atoms with Crippen LogP contribution in [0, 0.1) is 0 Å². The molecule has 10 heteroatoms. The Kier molecular flexibility index (Phi) is 26.3. The van der Waals surface area contributed by atoms with E-state index in [0.29, 0.717) is 0 Å². The summed E-state index contributed by atoms with van der Waals surface area (Å²) in [5.74, 6) is 0. The van der Waals surface area contributed by atoms with Gasteiger partial charge in [-0.25, -0.2) is 0 Å². The Hall–Kier alpha value is -0.0775. The zero-order valence-corrected chi connectivity index (χ0v) is 6.52. The van der Waals surface area contributed by atoms with Gasteiger partial charge in [0.1, 0.15) is 0 Å². The van der Waals surface area contributed by atoms with Gasteiger partial charge in [-0.15, -0.1) is 0 Å². The van der Waals surface area contributed by atoms with Crippen LogP contribution in [0.4, 0.5) is 0 Å². The summed E-state index contributed by atoms with van der Waals surface area (Å²) in [7, 11) is -4.67. The standard InChI is InChI=1S/Al.H2O4S.3H2O.O/c;1-5(2,3)4;;;;/h;(H2,1,2,3,4);3*1H2;/q+1;;;;;/p-1. The van der Waals surface area contributed by atoms with Gasteiger partial charge in [-0.3, -0.25) is 9.11 Å². The van der Waals surface area contributed by atoms with Gasteiger partial charge in [0.05, 0.1) is 0 Å². The van der Waals surface area contributed by atoms with Crippen LogP contribution in [0.3, 0.4) is 0 Å². The fraction of sp³-hybridized carbons (Fsp3) is 0. The van der Waals surface area contributed by atoms with Crippen molar-refractivity contribution in [2.75, 3.05) is 0 Å². The number of rotatable bonds is 0. The predicted molar refractivity (Wildman–Crippen MR) is 30.1 cm³/mol. The molecule has 0 fully saturated rings. The molecule has 0 bridgehead atoms. The molecule has 0 rings (SSSR count). The second-order valence-electron chi connectivity index (χ2n) is 0.553. The minimum absolute atomic E-state index is 0. The fourth-order valence-corrected chi connectivity index (χ4v) is 0. The quantitative estimate of drug-likeness (QED) is 0.268. The Bertz CT molecular complexity index is 123. The molecule has 0 radical (unpaired) electrons. The van der Waals surface area contributed by atoms with E-state index in [9.17, 15) is 0 Å². The third-order valence-corrected chi connectivity index (χ3v) is 0.